The van der Waals surface area contributed by atoms with Gasteiger partial charge in [0.1, 0.15) is 6.04 Å². The van der Waals surface area contributed by atoms with E-state index in [1.807, 2.05) is 0 Å². The van der Waals surface area contributed by atoms with E-state index < -0.39 is 35.8 Å². The summed E-state index contributed by atoms with van der Waals surface area (Å²) in [7, 11) is 0. The maximum Gasteiger partial charge on any atom is 0.336 e. The van der Waals surface area contributed by atoms with Crippen molar-refractivity contribution in [3.8, 4) is 0 Å². The van der Waals surface area contributed by atoms with Gasteiger partial charge in [0.2, 0.25) is 0 Å². The monoisotopic (exact) mass is 442 g/mol. The van der Waals surface area contributed by atoms with E-state index in [-0.39, 0.29) is 35.2 Å². The number of carboxylic acid groups (broad SMARTS) is 3. The molecule has 10 heteroatoms. The van der Waals surface area contributed by atoms with Crippen molar-refractivity contribution in [1.82, 2.24) is 10.6 Å². The molecule has 2 amide bonds. The standard InChI is InChI=1S/C22H22N2O8/c25-18(13-7-1-3-9-15(13)20(27)28)23-12-6-5-11-17(22(31)32)24-19(26)14-8-2-4-10-16(14)21(29)30/h1-4,7-10,17H,5-6,11-12H2,(H,23,25)(H,24,26)(H,27,28)(H,29,30)(H,31,32)/t17-/m0/s1. The van der Waals surface area contributed by atoms with Crippen LogP contribution in [-0.2, 0) is 4.79 Å². The van der Waals surface area contributed by atoms with Crippen LogP contribution >= 0.6 is 0 Å². The fourth-order valence-corrected chi connectivity index (χ4v) is 3.00. The van der Waals surface area contributed by atoms with Crippen molar-refractivity contribution in [3.05, 3.63) is 70.8 Å². The van der Waals surface area contributed by atoms with Gasteiger partial charge in [-0.25, -0.2) is 14.4 Å². The lowest BCUT2D eigenvalue weighted by Crippen LogP contribution is -2.41. The van der Waals surface area contributed by atoms with Crippen LogP contribution in [0.1, 0.15) is 60.7 Å². The van der Waals surface area contributed by atoms with Gasteiger partial charge in [0, 0.05) is 6.54 Å². The molecule has 32 heavy (non-hydrogen) atoms. The third-order valence-corrected chi connectivity index (χ3v) is 4.61. The van der Waals surface area contributed by atoms with Gasteiger partial charge >= 0.3 is 17.9 Å². The molecule has 0 fully saturated rings. The summed E-state index contributed by atoms with van der Waals surface area (Å²) in [5, 5.41) is 32.6. The summed E-state index contributed by atoms with van der Waals surface area (Å²) in [5.41, 5.74) is -0.484. The molecular weight excluding hydrogens is 420 g/mol. The van der Waals surface area contributed by atoms with Crippen molar-refractivity contribution in [2.45, 2.75) is 25.3 Å². The largest absolute Gasteiger partial charge is 0.480 e. The van der Waals surface area contributed by atoms with E-state index in [1.54, 1.807) is 6.07 Å². The summed E-state index contributed by atoms with van der Waals surface area (Å²) in [6, 6.07) is 10.00. The van der Waals surface area contributed by atoms with Gasteiger partial charge in [0.15, 0.2) is 0 Å². The van der Waals surface area contributed by atoms with Crippen molar-refractivity contribution < 1.29 is 39.3 Å². The van der Waals surface area contributed by atoms with Crippen LogP contribution in [-0.4, -0.2) is 57.6 Å². The van der Waals surface area contributed by atoms with Crippen LogP contribution in [0.2, 0.25) is 0 Å². The van der Waals surface area contributed by atoms with Gasteiger partial charge < -0.3 is 26.0 Å². The molecule has 168 valence electrons. The lowest BCUT2D eigenvalue weighted by molar-refractivity contribution is -0.139. The average Bonchev–Trinajstić information content (AvgIpc) is 2.77. The summed E-state index contributed by atoms with van der Waals surface area (Å²) >= 11 is 0. The first-order valence-electron chi connectivity index (χ1n) is 9.69. The minimum Gasteiger partial charge on any atom is -0.480 e. The maximum atomic E-state index is 12.4. The second-order valence-corrected chi connectivity index (χ2v) is 6.82. The van der Waals surface area contributed by atoms with Crippen LogP contribution < -0.4 is 10.6 Å². The Balaban J connectivity index is 1.87. The molecule has 0 unspecified atom stereocenters. The molecule has 10 nitrogen and oxygen atoms in total. The van der Waals surface area contributed by atoms with Gasteiger partial charge in [-0.3, -0.25) is 9.59 Å². The number of aromatic carboxylic acids is 2. The number of hydrogen-bond donors (Lipinski definition) is 5. The van der Waals surface area contributed by atoms with E-state index in [9.17, 15) is 29.1 Å². The van der Waals surface area contributed by atoms with Gasteiger partial charge in [0.25, 0.3) is 11.8 Å². The van der Waals surface area contributed by atoms with Crippen LogP contribution in [0.15, 0.2) is 48.5 Å². The van der Waals surface area contributed by atoms with Gasteiger partial charge in [-0.05, 0) is 43.5 Å². The Hall–Kier alpha value is -4.21. The van der Waals surface area contributed by atoms with Crippen molar-refractivity contribution in [3.63, 3.8) is 0 Å². The number of nitrogens with one attached hydrogen (secondary N) is 2. The van der Waals surface area contributed by atoms with Gasteiger partial charge in [-0.1, -0.05) is 24.3 Å². The average molecular weight is 442 g/mol. The zero-order valence-electron chi connectivity index (χ0n) is 16.9. The zero-order valence-corrected chi connectivity index (χ0v) is 16.9. The molecule has 2 rings (SSSR count). The Labute approximate surface area is 182 Å². The molecule has 0 aromatic heterocycles. The van der Waals surface area contributed by atoms with Crippen LogP contribution in [0, 0.1) is 0 Å². The minimum absolute atomic E-state index is 0.0211. The molecule has 0 spiro atoms. The molecule has 0 heterocycles. The molecule has 0 aliphatic carbocycles. The topological polar surface area (TPSA) is 170 Å². The Morgan fingerprint density at radius 3 is 1.62 bits per heavy atom. The molecule has 2 aromatic carbocycles. The zero-order chi connectivity index (χ0) is 23.7. The van der Waals surface area contributed by atoms with Gasteiger partial charge in [-0.15, -0.1) is 0 Å². The third-order valence-electron chi connectivity index (χ3n) is 4.61. The number of carbonyl (C=O) groups is 5. The van der Waals surface area contributed by atoms with E-state index in [1.165, 1.54) is 42.5 Å². The molecule has 0 aliphatic rings. The normalized spacial score (nSPS) is 11.2. The fraction of sp³-hybridized carbons (Fsp3) is 0.227. The second-order valence-electron chi connectivity index (χ2n) is 6.82. The third kappa shape index (κ3) is 6.39. The van der Waals surface area contributed by atoms with E-state index in [0.29, 0.717) is 12.8 Å². The smallest absolute Gasteiger partial charge is 0.336 e. The van der Waals surface area contributed by atoms with Gasteiger partial charge in [-0.2, -0.15) is 0 Å². The molecule has 5 N–H and O–H groups in total. The highest BCUT2D eigenvalue weighted by Crippen LogP contribution is 2.11. The van der Waals surface area contributed by atoms with Crippen molar-refractivity contribution >= 4 is 29.7 Å². The summed E-state index contributed by atoms with van der Waals surface area (Å²) in [6.45, 7) is 0.176. The highest BCUT2D eigenvalue weighted by atomic mass is 16.4. The van der Waals surface area contributed by atoms with Crippen LogP contribution in [0.3, 0.4) is 0 Å². The molecule has 0 saturated heterocycles. The van der Waals surface area contributed by atoms with Crippen LogP contribution in [0.5, 0.6) is 0 Å². The first-order valence-corrected chi connectivity index (χ1v) is 9.69. The molecular formula is C22H22N2O8. The van der Waals surface area contributed by atoms with Crippen LogP contribution in [0.25, 0.3) is 0 Å². The summed E-state index contributed by atoms with van der Waals surface area (Å²) in [5.74, 6) is -5.17. The molecule has 0 saturated carbocycles. The lowest BCUT2D eigenvalue weighted by atomic mass is 10.0. The Morgan fingerprint density at radius 1 is 0.688 bits per heavy atom. The van der Waals surface area contributed by atoms with Gasteiger partial charge in [0.05, 0.1) is 22.3 Å². The second kappa shape index (κ2) is 11.3. The Kier molecular flexibility index (Phi) is 8.46. The lowest BCUT2D eigenvalue weighted by Gasteiger charge is -2.15. The molecule has 0 radical (unpaired) electrons. The maximum absolute atomic E-state index is 12.4. The highest BCUT2D eigenvalue weighted by molar-refractivity contribution is 6.06. The number of unbranched alkanes of at least 4 members (excludes halogenated alkanes) is 1. The molecule has 1 atom stereocenters. The quantitative estimate of drug-likeness (QED) is 0.328. The first-order chi connectivity index (χ1) is 15.2. The van der Waals surface area contributed by atoms with Crippen molar-refractivity contribution in [2.75, 3.05) is 6.54 Å². The van der Waals surface area contributed by atoms with Crippen molar-refractivity contribution in [2.24, 2.45) is 0 Å². The van der Waals surface area contributed by atoms with E-state index in [0.717, 1.165) is 0 Å². The number of benzene rings is 2. The number of aliphatic carboxylic acids is 1. The molecule has 2 aromatic rings. The van der Waals surface area contributed by atoms with E-state index in [4.69, 9.17) is 10.2 Å². The summed E-state index contributed by atoms with van der Waals surface area (Å²) in [6.07, 6.45) is 0.767. The molecule has 0 aliphatic heterocycles. The Morgan fingerprint density at radius 2 is 1.16 bits per heavy atom. The number of amides is 2. The predicted molar refractivity (Wildman–Crippen MR) is 112 cm³/mol. The predicted octanol–water partition coefficient (Wildman–Crippen LogP) is 1.87. The Bertz CT molecular complexity index is 1030. The highest BCUT2D eigenvalue weighted by Gasteiger charge is 2.23. The summed E-state index contributed by atoms with van der Waals surface area (Å²) < 4.78 is 0. The summed E-state index contributed by atoms with van der Waals surface area (Å²) in [4.78, 5) is 58.5. The number of carbonyl (C=O) groups excluding carboxylic acids is 2. The minimum atomic E-state index is -1.30. The van der Waals surface area contributed by atoms with Crippen molar-refractivity contribution in [1.29, 1.82) is 0 Å². The molecule has 0 bridgehead atoms. The number of carboxylic acids is 3. The van der Waals surface area contributed by atoms with Crippen LogP contribution in [0.4, 0.5) is 0 Å². The van der Waals surface area contributed by atoms with E-state index in [2.05, 4.69) is 10.6 Å². The number of hydrogen-bond acceptors (Lipinski definition) is 5. The fourth-order valence-electron chi connectivity index (χ4n) is 3.00. The van der Waals surface area contributed by atoms with E-state index >= 15 is 0 Å². The first kappa shape index (κ1) is 24.1. The SMILES string of the molecule is O=C(O)c1ccccc1C(=O)NCCCC[C@H](NC(=O)c1ccccc1C(=O)O)C(=O)O. The number of rotatable bonds is 11.